The number of hydrogen-bond acceptors (Lipinski definition) is 3. The molecule has 2 N–H and O–H groups in total. The molecule has 0 radical (unpaired) electrons. The molecule has 3 rings (SSSR count). The number of hydrogen-bond donors (Lipinski definition) is 2. The third kappa shape index (κ3) is 4.44. The normalized spacial score (nSPS) is 19.0. The highest BCUT2D eigenvalue weighted by Crippen LogP contribution is 2.36. The van der Waals surface area contributed by atoms with E-state index in [0.717, 1.165) is 17.5 Å². The Hall–Kier alpha value is -1.78. The van der Waals surface area contributed by atoms with Crippen LogP contribution in [-0.2, 0) is 23.2 Å². The third-order valence-electron chi connectivity index (χ3n) is 4.56. The van der Waals surface area contributed by atoms with Crippen LogP contribution in [0.3, 0.4) is 0 Å². The highest BCUT2D eigenvalue weighted by atomic mass is 32.2. The van der Waals surface area contributed by atoms with Crippen LogP contribution in [0.15, 0.2) is 53.4 Å². The molecular weight excluding hydrogens is 330 g/mol. The molecule has 0 aliphatic heterocycles. The van der Waals surface area contributed by atoms with Crippen molar-refractivity contribution in [2.75, 3.05) is 6.54 Å². The van der Waals surface area contributed by atoms with Crippen LogP contribution in [-0.4, -0.2) is 22.8 Å². The summed E-state index contributed by atoms with van der Waals surface area (Å²) in [5.41, 5.74) is 2.18. The molecule has 0 bridgehead atoms. The molecule has 1 aliphatic carbocycles. The predicted molar refractivity (Wildman–Crippen MR) is 103 cm³/mol. The molecular formula is C21H25NO2S. The fourth-order valence-corrected chi connectivity index (χ4v) is 4.14. The largest absolute Gasteiger partial charge is 0.383 e. The summed E-state index contributed by atoms with van der Waals surface area (Å²) in [6.07, 6.45) is 1.86. The van der Waals surface area contributed by atoms with Gasteiger partial charge in [0.15, 0.2) is 0 Å². The van der Waals surface area contributed by atoms with Crippen molar-refractivity contribution in [2.45, 2.75) is 48.9 Å². The van der Waals surface area contributed by atoms with Gasteiger partial charge in [-0.05, 0) is 41.7 Å². The highest BCUT2D eigenvalue weighted by Gasteiger charge is 2.36. The molecule has 3 nitrogen and oxygen atoms in total. The summed E-state index contributed by atoms with van der Waals surface area (Å²) in [7, 11) is 0. The Bertz CT molecular complexity index is 742. The van der Waals surface area contributed by atoms with Crippen LogP contribution in [0.4, 0.5) is 0 Å². The second kappa shape index (κ2) is 7.63. The Morgan fingerprint density at radius 1 is 1.20 bits per heavy atom. The van der Waals surface area contributed by atoms with E-state index in [1.807, 2.05) is 48.2 Å². The average molecular weight is 356 g/mol. The zero-order valence-corrected chi connectivity index (χ0v) is 15.6. The van der Waals surface area contributed by atoms with Gasteiger partial charge in [-0.1, -0.05) is 50.2 Å². The molecule has 2 aromatic carbocycles. The van der Waals surface area contributed by atoms with E-state index in [9.17, 15) is 9.90 Å². The molecule has 1 atom stereocenters. The van der Waals surface area contributed by atoms with Crippen LogP contribution in [0.2, 0.25) is 0 Å². The first kappa shape index (κ1) is 18.0. The van der Waals surface area contributed by atoms with Crippen molar-refractivity contribution in [3.63, 3.8) is 0 Å². The van der Waals surface area contributed by atoms with Gasteiger partial charge >= 0.3 is 0 Å². The van der Waals surface area contributed by atoms with Gasteiger partial charge in [0, 0.05) is 10.1 Å². The molecule has 132 valence electrons. The summed E-state index contributed by atoms with van der Waals surface area (Å²) < 4.78 is 0. The summed E-state index contributed by atoms with van der Waals surface area (Å²) in [6, 6.07) is 16.1. The van der Waals surface area contributed by atoms with Crippen molar-refractivity contribution in [3.05, 3.63) is 65.2 Å². The lowest BCUT2D eigenvalue weighted by Crippen LogP contribution is -2.39. The lowest BCUT2D eigenvalue weighted by molar-refractivity contribution is -0.121. The second-order valence-electron chi connectivity index (χ2n) is 6.95. The van der Waals surface area contributed by atoms with Crippen molar-refractivity contribution >= 4 is 17.7 Å². The van der Waals surface area contributed by atoms with Gasteiger partial charge in [0.25, 0.3) is 0 Å². The molecule has 25 heavy (non-hydrogen) atoms. The first-order valence-corrected chi connectivity index (χ1v) is 9.67. The van der Waals surface area contributed by atoms with E-state index in [1.165, 1.54) is 10.5 Å². The van der Waals surface area contributed by atoms with E-state index in [1.54, 1.807) is 0 Å². The Morgan fingerprint density at radius 2 is 1.92 bits per heavy atom. The standard InChI is InChI=1S/C21H25NO2S/c1-15(2)25-18-9-7-16(8-10-18)13-20(23)22-14-21(24)12-11-17-5-3-4-6-19(17)21/h3-10,15,24H,11-14H2,1-2H3,(H,22,23). The van der Waals surface area contributed by atoms with Crippen molar-refractivity contribution in [1.29, 1.82) is 0 Å². The van der Waals surface area contributed by atoms with Gasteiger partial charge in [0.05, 0.1) is 13.0 Å². The number of carbonyl (C=O) groups excluding carboxylic acids is 1. The number of fused-ring (bicyclic) bond motifs is 1. The Labute approximate surface area is 153 Å². The van der Waals surface area contributed by atoms with Crippen LogP contribution < -0.4 is 5.32 Å². The number of nitrogens with one attached hydrogen (secondary N) is 1. The Kier molecular flexibility index (Phi) is 5.50. The molecule has 1 unspecified atom stereocenters. The van der Waals surface area contributed by atoms with E-state index in [2.05, 4.69) is 31.3 Å². The van der Waals surface area contributed by atoms with Crippen molar-refractivity contribution in [2.24, 2.45) is 0 Å². The first-order chi connectivity index (χ1) is 12.0. The van der Waals surface area contributed by atoms with Crippen LogP contribution in [0.5, 0.6) is 0 Å². The van der Waals surface area contributed by atoms with Gasteiger partial charge in [-0.3, -0.25) is 4.79 Å². The van der Waals surface area contributed by atoms with E-state index < -0.39 is 5.60 Å². The van der Waals surface area contributed by atoms with Crippen LogP contribution in [0.1, 0.15) is 37.0 Å². The van der Waals surface area contributed by atoms with E-state index >= 15 is 0 Å². The van der Waals surface area contributed by atoms with Gasteiger partial charge in [-0.15, -0.1) is 11.8 Å². The number of rotatable bonds is 6. The van der Waals surface area contributed by atoms with Crippen molar-refractivity contribution < 1.29 is 9.90 Å². The molecule has 0 fully saturated rings. The van der Waals surface area contributed by atoms with Gasteiger partial charge < -0.3 is 10.4 Å². The number of benzene rings is 2. The molecule has 1 aliphatic rings. The molecule has 0 heterocycles. The number of aryl methyl sites for hydroxylation is 1. The quantitative estimate of drug-likeness (QED) is 0.777. The summed E-state index contributed by atoms with van der Waals surface area (Å²) in [5, 5.41) is 14.3. The molecule has 0 spiro atoms. The van der Waals surface area contributed by atoms with Gasteiger partial charge in [0.1, 0.15) is 5.60 Å². The summed E-state index contributed by atoms with van der Waals surface area (Å²) in [6.45, 7) is 4.60. The Morgan fingerprint density at radius 3 is 2.64 bits per heavy atom. The number of thioether (sulfide) groups is 1. The molecule has 0 saturated carbocycles. The summed E-state index contributed by atoms with van der Waals surface area (Å²) >= 11 is 1.81. The first-order valence-electron chi connectivity index (χ1n) is 8.79. The fraction of sp³-hybridized carbons (Fsp3) is 0.381. The average Bonchev–Trinajstić information content (AvgIpc) is 2.93. The van der Waals surface area contributed by atoms with Crippen molar-refractivity contribution in [3.8, 4) is 0 Å². The SMILES string of the molecule is CC(C)Sc1ccc(CC(=O)NCC2(O)CCc3ccccc32)cc1. The highest BCUT2D eigenvalue weighted by molar-refractivity contribution is 7.99. The summed E-state index contributed by atoms with van der Waals surface area (Å²) in [4.78, 5) is 13.5. The number of aliphatic hydroxyl groups is 1. The maximum atomic E-state index is 12.3. The van der Waals surface area contributed by atoms with Crippen molar-refractivity contribution in [1.82, 2.24) is 5.32 Å². The maximum Gasteiger partial charge on any atom is 0.224 e. The van der Waals surface area contributed by atoms with Gasteiger partial charge in [0.2, 0.25) is 5.91 Å². The second-order valence-corrected chi connectivity index (χ2v) is 8.60. The van der Waals surface area contributed by atoms with E-state index in [-0.39, 0.29) is 12.5 Å². The zero-order valence-electron chi connectivity index (χ0n) is 14.8. The predicted octanol–water partition coefficient (Wildman–Crippen LogP) is 3.68. The minimum Gasteiger partial charge on any atom is -0.383 e. The fourth-order valence-electron chi connectivity index (χ4n) is 3.30. The molecule has 0 aromatic heterocycles. The summed E-state index contributed by atoms with van der Waals surface area (Å²) in [5.74, 6) is -0.0536. The lowest BCUT2D eigenvalue weighted by Gasteiger charge is -2.24. The van der Waals surface area contributed by atoms with Gasteiger partial charge in [-0.25, -0.2) is 0 Å². The molecule has 2 aromatic rings. The monoisotopic (exact) mass is 355 g/mol. The minimum absolute atomic E-state index is 0.0536. The van der Waals surface area contributed by atoms with Crippen LogP contribution >= 0.6 is 11.8 Å². The van der Waals surface area contributed by atoms with E-state index in [0.29, 0.717) is 18.1 Å². The Balaban J connectivity index is 1.55. The number of amides is 1. The molecule has 4 heteroatoms. The minimum atomic E-state index is -0.940. The smallest absolute Gasteiger partial charge is 0.224 e. The lowest BCUT2D eigenvalue weighted by atomic mass is 9.96. The van der Waals surface area contributed by atoms with Gasteiger partial charge in [-0.2, -0.15) is 0 Å². The third-order valence-corrected chi connectivity index (χ3v) is 5.58. The topological polar surface area (TPSA) is 49.3 Å². The molecule has 0 saturated heterocycles. The van der Waals surface area contributed by atoms with Crippen LogP contribution in [0.25, 0.3) is 0 Å². The zero-order chi connectivity index (χ0) is 17.9. The molecule has 1 amide bonds. The van der Waals surface area contributed by atoms with Crippen LogP contribution in [0, 0.1) is 0 Å². The maximum absolute atomic E-state index is 12.3. The van der Waals surface area contributed by atoms with E-state index in [4.69, 9.17) is 0 Å². The number of carbonyl (C=O) groups is 1.